The number of benzene rings is 1. The summed E-state index contributed by atoms with van der Waals surface area (Å²) in [5, 5.41) is 4.30. The number of halogens is 1. The molecule has 1 saturated heterocycles. The second-order valence-corrected chi connectivity index (χ2v) is 6.07. The van der Waals surface area contributed by atoms with Crippen molar-refractivity contribution in [3.63, 3.8) is 0 Å². The van der Waals surface area contributed by atoms with Crippen LogP contribution in [0.15, 0.2) is 53.6 Å². The van der Waals surface area contributed by atoms with Gasteiger partial charge in [-0.25, -0.2) is 0 Å². The molecule has 0 spiro atoms. The third-order valence-electron chi connectivity index (χ3n) is 4.30. The number of hydrogen-bond acceptors (Lipinski definition) is 2. The van der Waals surface area contributed by atoms with Crippen molar-refractivity contribution in [2.75, 3.05) is 26.2 Å². The van der Waals surface area contributed by atoms with Gasteiger partial charge < -0.3 is 5.32 Å². The SMILES string of the molecule is ClC1=CCC(Cc2ccccc2)(N2CCNCC2)C=C1. The molecule has 1 atom stereocenters. The van der Waals surface area contributed by atoms with E-state index in [0.29, 0.717) is 0 Å². The average Bonchev–Trinajstić information content (AvgIpc) is 2.52. The molecule has 106 valence electrons. The molecule has 0 saturated carbocycles. The summed E-state index contributed by atoms with van der Waals surface area (Å²) in [7, 11) is 0. The number of rotatable bonds is 3. The van der Waals surface area contributed by atoms with Crippen molar-refractivity contribution in [3.8, 4) is 0 Å². The van der Waals surface area contributed by atoms with Gasteiger partial charge in [0.2, 0.25) is 0 Å². The van der Waals surface area contributed by atoms with Gasteiger partial charge in [-0.15, -0.1) is 0 Å². The first kappa shape index (κ1) is 13.9. The van der Waals surface area contributed by atoms with E-state index in [4.69, 9.17) is 11.6 Å². The van der Waals surface area contributed by atoms with Gasteiger partial charge in [0.15, 0.2) is 0 Å². The predicted octanol–water partition coefficient (Wildman–Crippen LogP) is 2.96. The fourth-order valence-electron chi connectivity index (χ4n) is 3.18. The molecule has 3 heteroatoms. The maximum atomic E-state index is 6.13. The van der Waals surface area contributed by atoms with Crippen LogP contribution in [-0.4, -0.2) is 36.6 Å². The zero-order chi connectivity index (χ0) is 13.8. The minimum absolute atomic E-state index is 0.0852. The van der Waals surface area contributed by atoms with Crippen LogP contribution >= 0.6 is 11.6 Å². The van der Waals surface area contributed by atoms with Crippen molar-refractivity contribution in [2.24, 2.45) is 0 Å². The van der Waals surface area contributed by atoms with Gasteiger partial charge in [0.1, 0.15) is 0 Å². The molecule has 0 radical (unpaired) electrons. The van der Waals surface area contributed by atoms with E-state index in [1.165, 1.54) is 5.56 Å². The van der Waals surface area contributed by atoms with E-state index >= 15 is 0 Å². The van der Waals surface area contributed by atoms with Crippen molar-refractivity contribution in [1.82, 2.24) is 10.2 Å². The monoisotopic (exact) mass is 288 g/mol. The molecule has 1 heterocycles. The molecule has 0 aromatic heterocycles. The van der Waals surface area contributed by atoms with Crippen molar-refractivity contribution < 1.29 is 0 Å². The standard InChI is InChI=1S/C17H21ClN2/c18-16-6-8-17(9-7-16,20-12-10-19-11-13-20)14-15-4-2-1-3-5-15/h1-8,19H,9-14H2. The van der Waals surface area contributed by atoms with Crippen LogP contribution in [0.3, 0.4) is 0 Å². The van der Waals surface area contributed by atoms with Crippen LogP contribution in [-0.2, 0) is 6.42 Å². The number of piperazine rings is 1. The van der Waals surface area contributed by atoms with Crippen molar-refractivity contribution in [2.45, 2.75) is 18.4 Å². The van der Waals surface area contributed by atoms with Crippen LogP contribution in [0.4, 0.5) is 0 Å². The summed E-state index contributed by atoms with van der Waals surface area (Å²) in [6.45, 7) is 4.34. The summed E-state index contributed by atoms with van der Waals surface area (Å²) in [6, 6.07) is 10.8. The minimum atomic E-state index is 0.0852. The van der Waals surface area contributed by atoms with Crippen LogP contribution in [0.2, 0.25) is 0 Å². The zero-order valence-electron chi connectivity index (χ0n) is 11.7. The molecule has 1 N–H and O–H groups in total. The first-order valence-corrected chi connectivity index (χ1v) is 7.71. The normalized spacial score (nSPS) is 27.4. The molecular weight excluding hydrogens is 268 g/mol. The highest BCUT2D eigenvalue weighted by atomic mass is 35.5. The molecule has 0 amide bonds. The van der Waals surface area contributed by atoms with Crippen LogP contribution < -0.4 is 5.32 Å². The van der Waals surface area contributed by atoms with Gasteiger partial charge in [-0.2, -0.15) is 0 Å². The van der Waals surface area contributed by atoms with Gasteiger partial charge in [0, 0.05) is 36.8 Å². The number of hydrogen-bond donors (Lipinski definition) is 1. The Balaban J connectivity index is 1.86. The molecule has 1 unspecified atom stereocenters. The van der Waals surface area contributed by atoms with E-state index in [-0.39, 0.29) is 5.54 Å². The Morgan fingerprint density at radius 2 is 1.90 bits per heavy atom. The lowest BCUT2D eigenvalue weighted by atomic mass is 9.82. The highest BCUT2D eigenvalue weighted by Crippen LogP contribution is 2.32. The van der Waals surface area contributed by atoms with E-state index in [2.05, 4.69) is 58.8 Å². The second kappa shape index (κ2) is 6.13. The Bertz CT molecular complexity index is 503. The lowest BCUT2D eigenvalue weighted by molar-refractivity contribution is 0.113. The van der Waals surface area contributed by atoms with Gasteiger partial charge in [-0.1, -0.05) is 54.1 Å². The van der Waals surface area contributed by atoms with E-state index in [1.807, 2.05) is 0 Å². The van der Waals surface area contributed by atoms with Crippen molar-refractivity contribution >= 4 is 11.6 Å². The summed E-state index contributed by atoms with van der Waals surface area (Å²) >= 11 is 6.13. The largest absolute Gasteiger partial charge is 0.314 e. The lowest BCUT2D eigenvalue weighted by Gasteiger charge is -2.45. The zero-order valence-corrected chi connectivity index (χ0v) is 12.4. The molecule has 1 aliphatic heterocycles. The first-order chi connectivity index (χ1) is 9.78. The summed E-state index contributed by atoms with van der Waals surface area (Å²) in [5.41, 5.74) is 1.48. The van der Waals surface area contributed by atoms with Gasteiger partial charge >= 0.3 is 0 Å². The fourth-order valence-corrected chi connectivity index (χ4v) is 3.32. The van der Waals surface area contributed by atoms with E-state index in [9.17, 15) is 0 Å². The molecule has 1 fully saturated rings. The Kier molecular flexibility index (Phi) is 4.25. The van der Waals surface area contributed by atoms with Gasteiger partial charge in [-0.05, 0) is 24.5 Å². The maximum Gasteiger partial charge on any atom is 0.0471 e. The topological polar surface area (TPSA) is 15.3 Å². The van der Waals surface area contributed by atoms with Crippen LogP contribution in [0, 0.1) is 0 Å². The van der Waals surface area contributed by atoms with Crippen LogP contribution in [0.5, 0.6) is 0 Å². The number of nitrogens with one attached hydrogen (secondary N) is 1. The van der Waals surface area contributed by atoms with Crippen molar-refractivity contribution in [1.29, 1.82) is 0 Å². The van der Waals surface area contributed by atoms with E-state index in [0.717, 1.165) is 44.1 Å². The summed E-state index contributed by atoms with van der Waals surface area (Å²) in [4.78, 5) is 2.60. The van der Waals surface area contributed by atoms with Gasteiger partial charge in [-0.3, -0.25) is 4.90 Å². The Morgan fingerprint density at radius 3 is 2.55 bits per heavy atom. The van der Waals surface area contributed by atoms with Crippen molar-refractivity contribution in [3.05, 3.63) is 59.2 Å². The molecule has 2 aliphatic rings. The highest BCUT2D eigenvalue weighted by Gasteiger charge is 2.35. The third-order valence-corrected chi connectivity index (χ3v) is 4.58. The van der Waals surface area contributed by atoms with E-state index in [1.54, 1.807) is 0 Å². The quantitative estimate of drug-likeness (QED) is 0.920. The third kappa shape index (κ3) is 2.98. The Hall–Kier alpha value is -1.09. The fraction of sp³-hybridized carbons (Fsp3) is 0.412. The smallest absolute Gasteiger partial charge is 0.0471 e. The van der Waals surface area contributed by atoms with Gasteiger partial charge in [0.25, 0.3) is 0 Å². The lowest BCUT2D eigenvalue weighted by Crippen LogP contribution is -2.56. The summed E-state index contributed by atoms with van der Waals surface area (Å²) in [5.74, 6) is 0. The second-order valence-electron chi connectivity index (χ2n) is 5.63. The number of allylic oxidation sites excluding steroid dienone is 2. The minimum Gasteiger partial charge on any atom is -0.314 e. The van der Waals surface area contributed by atoms with E-state index < -0.39 is 0 Å². The maximum absolute atomic E-state index is 6.13. The molecule has 1 aliphatic carbocycles. The Labute approximate surface area is 126 Å². The van der Waals surface area contributed by atoms with Crippen LogP contribution in [0.25, 0.3) is 0 Å². The summed E-state index contributed by atoms with van der Waals surface area (Å²) < 4.78 is 0. The summed E-state index contributed by atoms with van der Waals surface area (Å²) in [6.07, 6.45) is 8.58. The molecule has 3 rings (SSSR count). The van der Waals surface area contributed by atoms with Crippen LogP contribution in [0.1, 0.15) is 12.0 Å². The molecule has 1 aromatic rings. The van der Waals surface area contributed by atoms with Gasteiger partial charge in [0.05, 0.1) is 0 Å². The predicted molar refractivity (Wildman–Crippen MR) is 85.0 cm³/mol. The molecule has 0 bridgehead atoms. The molecule has 2 nitrogen and oxygen atoms in total. The number of nitrogens with zero attached hydrogens (tertiary/aromatic N) is 1. The molecule has 20 heavy (non-hydrogen) atoms. The molecule has 1 aromatic carbocycles. The molecular formula is C17H21ClN2. The average molecular weight is 289 g/mol. The first-order valence-electron chi connectivity index (χ1n) is 7.33. The Morgan fingerprint density at radius 1 is 1.15 bits per heavy atom. The highest BCUT2D eigenvalue weighted by molar-refractivity contribution is 6.31.